The molecule has 0 saturated heterocycles. The number of methoxy groups -OCH3 is 1. The van der Waals surface area contributed by atoms with Crippen molar-refractivity contribution >= 4 is 22.7 Å². The molecule has 0 radical (unpaired) electrons. The predicted octanol–water partition coefficient (Wildman–Crippen LogP) is 4.37. The van der Waals surface area contributed by atoms with Crippen LogP contribution in [0.15, 0.2) is 54.6 Å². The molecule has 3 aromatic carbocycles. The number of carbonyl (C=O) groups is 2. The van der Waals surface area contributed by atoms with Crippen LogP contribution in [0.4, 0.5) is 0 Å². The lowest BCUT2D eigenvalue weighted by atomic mass is 9.98. The van der Waals surface area contributed by atoms with Gasteiger partial charge in [0.2, 0.25) is 0 Å². The van der Waals surface area contributed by atoms with E-state index in [0.717, 1.165) is 10.8 Å². The summed E-state index contributed by atoms with van der Waals surface area (Å²) >= 11 is 0. The molecule has 5 heteroatoms. The van der Waals surface area contributed by atoms with E-state index in [1.807, 2.05) is 36.4 Å². The van der Waals surface area contributed by atoms with Gasteiger partial charge in [-0.3, -0.25) is 9.59 Å². The van der Waals surface area contributed by atoms with Gasteiger partial charge in [-0.1, -0.05) is 30.3 Å². The maximum atomic E-state index is 11.7. The fourth-order valence-electron chi connectivity index (χ4n) is 2.80. The normalized spacial score (nSPS) is 10.4. The first-order chi connectivity index (χ1) is 12.5. The van der Waals surface area contributed by atoms with E-state index in [0.29, 0.717) is 28.4 Å². The minimum absolute atomic E-state index is 0.363. The maximum absolute atomic E-state index is 11.7. The van der Waals surface area contributed by atoms with Crippen LogP contribution in [-0.2, 0) is 9.59 Å². The Morgan fingerprint density at radius 2 is 1.54 bits per heavy atom. The molecule has 0 aliphatic carbocycles. The lowest BCUT2D eigenvalue weighted by Gasteiger charge is -2.16. The number of fused-ring (bicyclic) bond motifs is 1. The van der Waals surface area contributed by atoms with Crippen LogP contribution in [0.1, 0.15) is 13.8 Å². The van der Waals surface area contributed by atoms with Gasteiger partial charge in [-0.25, -0.2) is 0 Å². The van der Waals surface area contributed by atoms with Gasteiger partial charge in [0.25, 0.3) is 0 Å². The first-order valence-corrected chi connectivity index (χ1v) is 8.06. The molecular weight excluding hydrogens is 332 g/mol. The van der Waals surface area contributed by atoms with Crippen molar-refractivity contribution in [2.45, 2.75) is 13.8 Å². The molecule has 0 saturated carbocycles. The molecule has 0 aliphatic heterocycles. The van der Waals surface area contributed by atoms with Crippen LogP contribution < -0.4 is 14.2 Å². The van der Waals surface area contributed by atoms with E-state index in [9.17, 15) is 9.59 Å². The molecule has 3 aromatic rings. The van der Waals surface area contributed by atoms with Gasteiger partial charge < -0.3 is 14.2 Å². The van der Waals surface area contributed by atoms with Crippen LogP contribution in [0.2, 0.25) is 0 Å². The molecule has 0 fully saturated rings. The Labute approximate surface area is 151 Å². The van der Waals surface area contributed by atoms with E-state index in [4.69, 9.17) is 14.2 Å². The second kappa shape index (κ2) is 7.27. The minimum Gasteiger partial charge on any atom is -0.497 e. The van der Waals surface area contributed by atoms with Gasteiger partial charge in [-0.2, -0.15) is 0 Å². The van der Waals surface area contributed by atoms with Crippen molar-refractivity contribution in [3.05, 3.63) is 54.6 Å². The van der Waals surface area contributed by atoms with Crippen LogP contribution in [0, 0.1) is 0 Å². The minimum atomic E-state index is -0.439. The highest BCUT2D eigenvalue weighted by atomic mass is 16.5. The highest BCUT2D eigenvalue weighted by Gasteiger charge is 2.18. The number of hydrogen-bond donors (Lipinski definition) is 0. The van der Waals surface area contributed by atoms with E-state index in [1.165, 1.54) is 13.8 Å². The molecule has 3 rings (SSSR count). The molecule has 0 unspecified atom stereocenters. The van der Waals surface area contributed by atoms with E-state index in [2.05, 4.69) is 0 Å². The van der Waals surface area contributed by atoms with E-state index >= 15 is 0 Å². The summed E-state index contributed by atoms with van der Waals surface area (Å²) in [4.78, 5) is 23.2. The van der Waals surface area contributed by atoms with Crippen molar-refractivity contribution in [3.8, 4) is 28.4 Å². The molecule has 0 amide bonds. The molecular formula is C21H18O5. The lowest BCUT2D eigenvalue weighted by Crippen LogP contribution is -2.06. The van der Waals surface area contributed by atoms with Crippen LogP contribution in [0.5, 0.6) is 17.2 Å². The average Bonchev–Trinajstić information content (AvgIpc) is 2.62. The van der Waals surface area contributed by atoms with E-state index in [-0.39, 0.29) is 0 Å². The summed E-state index contributed by atoms with van der Waals surface area (Å²) in [6.45, 7) is 2.69. The number of ether oxygens (including phenoxy) is 3. The average molecular weight is 350 g/mol. The molecule has 0 heterocycles. The molecule has 0 aliphatic rings. The van der Waals surface area contributed by atoms with Gasteiger partial charge in [0, 0.05) is 30.4 Å². The Bertz CT molecular complexity index is 991. The molecule has 5 nitrogen and oxygen atoms in total. The summed E-state index contributed by atoms with van der Waals surface area (Å²) in [7, 11) is 1.55. The third-order valence-electron chi connectivity index (χ3n) is 3.86. The number of hydrogen-bond acceptors (Lipinski definition) is 5. The SMILES string of the molecule is COc1ccc(OC(C)=O)c(-c2ccc3ccccc3c2OC(C)=O)c1. The van der Waals surface area contributed by atoms with Crippen molar-refractivity contribution in [2.24, 2.45) is 0 Å². The molecule has 132 valence electrons. The topological polar surface area (TPSA) is 61.8 Å². The predicted molar refractivity (Wildman–Crippen MR) is 98.6 cm³/mol. The number of rotatable bonds is 4. The fourth-order valence-corrected chi connectivity index (χ4v) is 2.80. The van der Waals surface area contributed by atoms with Gasteiger partial charge in [0.1, 0.15) is 17.2 Å². The summed E-state index contributed by atoms with van der Waals surface area (Å²) in [5.41, 5.74) is 1.23. The monoisotopic (exact) mass is 350 g/mol. The number of carbonyl (C=O) groups excluding carboxylic acids is 2. The van der Waals surface area contributed by atoms with Gasteiger partial charge >= 0.3 is 11.9 Å². The van der Waals surface area contributed by atoms with Crippen molar-refractivity contribution < 1.29 is 23.8 Å². The number of esters is 2. The second-order valence-corrected chi connectivity index (χ2v) is 5.71. The Morgan fingerprint density at radius 3 is 2.23 bits per heavy atom. The summed E-state index contributed by atoms with van der Waals surface area (Å²) in [6, 6.07) is 16.5. The zero-order valence-electron chi connectivity index (χ0n) is 14.7. The molecule has 0 atom stereocenters. The first kappa shape index (κ1) is 17.5. The third-order valence-corrected chi connectivity index (χ3v) is 3.86. The van der Waals surface area contributed by atoms with Gasteiger partial charge in [-0.15, -0.1) is 0 Å². The largest absolute Gasteiger partial charge is 0.497 e. The molecule has 26 heavy (non-hydrogen) atoms. The maximum Gasteiger partial charge on any atom is 0.308 e. The summed E-state index contributed by atoms with van der Waals surface area (Å²) in [6.07, 6.45) is 0. The third kappa shape index (κ3) is 3.52. The van der Waals surface area contributed by atoms with E-state index < -0.39 is 11.9 Å². The molecule has 0 spiro atoms. The van der Waals surface area contributed by atoms with Crippen molar-refractivity contribution in [1.29, 1.82) is 0 Å². The van der Waals surface area contributed by atoms with Crippen molar-refractivity contribution in [1.82, 2.24) is 0 Å². The Balaban J connectivity index is 2.30. The summed E-state index contributed by atoms with van der Waals surface area (Å²) in [5, 5.41) is 1.72. The van der Waals surface area contributed by atoms with Gasteiger partial charge in [-0.05, 0) is 29.7 Å². The van der Waals surface area contributed by atoms with Crippen molar-refractivity contribution in [3.63, 3.8) is 0 Å². The standard InChI is InChI=1S/C21H18O5/c1-13(22)25-20-11-9-16(24-3)12-19(20)18-10-8-15-6-4-5-7-17(15)21(18)26-14(2)23/h4-12H,1-3H3. The fraction of sp³-hybridized carbons (Fsp3) is 0.143. The van der Waals surface area contributed by atoms with Crippen LogP contribution >= 0.6 is 0 Å². The Kier molecular flexibility index (Phi) is 4.89. The number of benzene rings is 3. The summed E-state index contributed by atoms with van der Waals surface area (Å²) < 4.78 is 16.2. The zero-order valence-corrected chi connectivity index (χ0v) is 14.7. The lowest BCUT2D eigenvalue weighted by molar-refractivity contribution is -0.132. The zero-order chi connectivity index (χ0) is 18.7. The van der Waals surface area contributed by atoms with Crippen LogP contribution in [0.25, 0.3) is 21.9 Å². The summed E-state index contributed by atoms with van der Waals surface area (Å²) in [5.74, 6) is 0.503. The molecule has 0 aromatic heterocycles. The molecule has 0 N–H and O–H groups in total. The smallest absolute Gasteiger partial charge is 0.308 e. The molecule has 0 bridgehead atoms. The highest BCUT2D eigenvalue weighted by Crippen LogP contribution is 2.42. The second-order valence-electron chi connectivity index (χ2n) is 5.71. The van der Waals surface area contributed by atoms with Crippen molar-refractivity contribution in [2.75, 3.05) is 7.11 Å². The highest BCUT2D eigenvalue weighted by molar-refractivity contribution is 5.98. The Hall–Kier alpha value is -3.34. The first-order valence-electron chi connectivity index (χ1n) is 8.06. The Morgan fingerprint density at radius 1 is 0.808 bits per heavy atom. The van der Waals surface area contributed by atoms with E-state index in [1.54, 1.807) is 25.3 Å². The van der Waals surface area contributed by atoms with Gasteiger partial charge in [0.15, 0.2) is 0 Å². The quantitative estimate of drug-likeness (QED) is 0.517. The van der Waals surface area contributed by atoms with Crippen LogP contribution in [0.3, 0.4) is 0 Å². The van der Waals surface area contributed by atoms with Crippen LogP contribution in [-0.4, -0.2) is 19.0 Å². The van der Waals surface area contributed by atoms with Gasteiger partial charge in [0.05, 0.1) is 7.11 Å².